The zero-order valence-electron chi connectivity index (χ0n) is 12.6. The van der Waals surface area contributed by atoms with Gasteiger partial charge >= 0.3 is 0 Å². The highest BCUT2D eigenvalue weighted by Gasteiger charge is 2.13. The predicted octanol–water partition coefficient (Wildman–Crippen LogP) is 2.82. The molecule has 0 saturated heterocycles. The van der Waals surface area contributed by atoms with Crippen molar-refractivity contribution in [3.63, 3.8) is 0 Å². The maximum atomic E-state index is 13.3. The first kappa shape index (κ1) is 15.8. The van der Waals surface area contributed by atoms with E-state index in [1.807, 2.05) is 24.3 Å². The van der Waals surface area contributed by atoms with Crippen LogP contribution in [-0.4, -0.2) is 26.7 Å². The zero-order chi connectivity index (χ0) is 15.9. The zero-order valence-corrected chi connectivity index (χ0v) is 12.6. The molecule has 0 heterocycles. The van der Waals surface area contributed by atoms with Crippen molar-refractivity contribution in [3.05, 3.63) is 59.4 Å². The number of carbonyl (C=O) groups excluding carboxylic acids is 1. The second-order valence-electron chi connectivity index (χ2n) is 4.66. The Morgan fingerprint density at radius 1 is 1.09 bits per heavy atom. The molecule has 0 aliphatic heterocycles. The van der Waals surface area contributed by atoms with Crippen LogP contribution in [-0.2, 0) is 6.42 Å². The van der Waals surface area contributed by atoms with Gasteiger partial charge in [-0.15, -0.1) is 0 Å². The molecule has 1 N–H and O–H groups in total. The van der Waals surface area contributed by atoms with Crippen LogP contribution < -0.4 is 14.8 Å². The third-order valence-electron chi connectivity index (χ3n) is 3.28. The van der Waals surface area contributed by atoms with Crippen LogP contribution in [0, 0.1) is 5.82 Å². The van der Waals surface area contributed by atoms with E-state index in [9.17, 15) is 9.18 Å². The van der Waals surface area contributed by atoms with Gasteiger partial charge in [0, 0.05) is 6.54 Å². The molecule has 2 aromatic carbocycles. The highest BCUT2D eigenvalue weighted by molar-refractivity contribution is 5.96. The van der Waals surface area contributed by atoms with Gasteiger partial charge in [0.25, 0.3) is 5.91 Å². The number of hydrogen-bond acceptors (Lipinski definition) is 3. The third-order valence-corrected chi connectivity index (χ3v) is 3.28. The topological polar surface area (TPSA) is 47.6 Å². The number of carbonyl (C=O) groups is 1. The molecule has 0 unspecified atom stereocenters. The lowest BCUT2D eigenvalue weighted by Crippen LogP contribution is -2.26. The van der Waals surface area contributed by atoms with Crippen molar-refractivity contribution in [2.24, 2.45) is 0 Å². The fourth-order valence-electron chi connectivity index (χ4n) is 2.17. The maximum Gasteiger partial charge on any atom is 0.255 e. The molecule has 0 atom stereocenters. The van der Waals surface area contributed by atoms with E-state index < -0.39 is 5.82 Å². The fraction of sp³-hybridized carbons (Fsp3) is 0.235. The standard InChI is InChI=1S/C17H18FNO3/c1-21-15-6-4-3-5-12(15)9-10-19-17(20)14-11-13(18)7-8-16(14)22-2/h3-8,11H,9-10H2,1-2H3,(H,19,20). The lowest BCUT2D eigenvalue weighted by molar-refractivity contribution is 0.0950. The normalized spacial score (nSPS) is 10.1. The summed E-state index contributed by atoms with van der Waals surface area (Å²) in [5, 5.41) is 2.76. The molecule has 0 aromatic heterocycles. The molecule has 5 heteroatoms. The highest BCUT2D eigenvalue weighted by Crippen LogP contribution is 2.20. The summed E-state index contributed by atoms with van der Waals surface area (Å²) in [4.78, 5) is 12.1. The molecular weight excluding hydrogens is 285 g/mol. The molecule has 0 spiro atoms. The van der Waals surface area contributed by atoms with Gasteiger partial charge in [0.05, 0.1) is 19.8 Å². The predicted molar refractivity (Wildman–Crippen MR) is 82.0 cm³/mol. The summed E-state index contributed by atoms with van der Waals surface area (Å²) >= 11 is 0. The summed E-state index contributed by atoms with van der Waals surface area (Å²) in [5.74, 6) is 0.276. The number of amides is 1. The van der Waals surface area contributed by atoms with Gasteiger partial charge in [-0.3, -0.25) is 4.79 Å². The van der Waals surface area contributed by atoms with E-state index in [4.69, 9.17) is 9.47 Å². The Kier molecular flexibility index (Phi) is 5.36. The third kappa shape index (κ3) is 3.75. The molecule has 22 heavy (non-hydrogen) atoms. The molecule has 0 aliphatic rings. The van der Waals surface area contributed by atoms with Crippen LogP contribution in [0.15, 0.2) is 42.5 Å². The van der Waals surface area contributed by atoms with Crippen LogP contribution in [0.4, 0.5) is 4.39 Å². The van der Waals surface area contributed by atoms with Crippen molar-refractivity contribution in [1.82, 2.24) is 5.32 Å². The Labute approximate surface area is 128 Å². The molecule has 0 aliphatic carbocycles. The molecule has 0 saturated carbocycles. The average Bonchev–Trinajstić information content (AvgIpc) is 2.55. The first-order valence-electron chi connectivity index (χ1n) is 6.89. The molecule has 2 aromatic rings. The van der Waals surface area contributed by atoms with Gasteiger partial charge in [0.2, 0.25) is 0 Å². The van der Waals surface area contributed by atoms with E-state index in [2.05, 4.69) is 5.32 Å². The number of rotatable bonds is 6. The van der Waals surface area contributed by atoms with E-state index in [1.165, 1.54) is 19.2 Å². The maximum absolute atomic E-state index is 13.3. The molecule has 4 nitrogen and oxygen atoms in total. The van der Waals surface area contributed by atoms with Crippen molar-refractivity contribution in [2.75, 3.05) is 20.8 Å². The minimum absolute atomic E-state index is 0.183. The highest BCUT2D eigenvalue weighted by atomic mass is 19.1. The fourth-order valence-corrected chi connectivity index (χ4v) is 2.17. The molecule has 0 fully saturated rings. The molecule has 1 amide bonds. The van der Waals surface area contributed by atoms with E-state index in [0.717, 1.165) is 17.4 Å². The van der Waals surface area contributed by atoms with E-state index in [0.29, 0.717) is 18.7 Å². The number of halogens is 1. The number of ether oxygens (including phenoxy) is 2. The first-order valence-corrected chi connectivity index (χ1v) is 6.89. The summed E-state index contributed by atoms with van der Waals surface area (Å²) in [5.41, 5.74) is 1.18. The second-order valence-corrected chi connectivity index (χ2v) is 4.66. The van der Waals surface area contributed by atoms with Gasteiger partial charge in [0.15, 0.2) is 0 Å². The van der Waals surface area contributed by atoms with Crippen LogP contribution in [0.1, 0.15) is 15.9 Å². The largest absolute Gasteiger partial charge is 0.496 e. The van der Waals surface area contributed by atoms with Crippen molar-refractivity contribution in [2.45, 2.75) is 6.42 Å². The summed E-state index contributed by atoms with van der Waals surface area (Å²) in [7, 11) is 3.05. The molecule has 2 rings (SSSR count). The van der Waals surface area contributed by atoms with Crippen molar-refractivity contribution < 1.29 is 18.7 Å². The Balaban J connectivity index is 2.00. The van der Waals surface area contributed by atoms with Crippen molar-refractivity contribution in [1.29, 1.82) is 0 Å². The Morgan fingerprint density at radius 3 is 2.55 bits per heavy atom. The van der Waals surface area contributed by atoms with Gasteiger partial charge in [-0.2, -0.15) is 0 Å². The van der Waals surface area contributed by atoms with Gasteiger partial charge in [-0.1, -0.05) is 18.2 Å². The average molecular weight is 303 g/mol. The minimum atomic E-state index is -0.476. The van der Waals surface area contributed by atoms with Gasteiger partial charge < -0.3 is 14.8 Å². The number of benzene rings is 2. The smallest absolute Gasteiger partial charge is 0.255 e. The number of methoxy groups -OCH3 is 2. The first-order chi connectivity index (χ1) is 10.7. The van der Waals surface area contributed by atoms with Crippen LogP contribution in [0.25, 0.3) is 0 Å². The number of nitrogens with one attached hydrogen (secondary N) is 1. The van der Waals surface area contributed by atoms with Gasteiger partial charge in [-0.25, -0.2) is 4.39 Å². The summed E-state index contributed by atoms with van der Waals surface area (Å²) in [6.45, 7) is 0.416. The number of hydrogen-bond donors (Lipinski definition) is 1. The molecule has 0 bridgehead atoms. The van der Waals surface area contributed by atoms with E-state index >= 15 is 0 Å². The van der Waals surface area contributed by atoms with E-state index in [1.54, 1.807) is 7.11 Å². The number of para-hydroxylation sites is 1. The molecular formula is C17H18FNO3. The van der Waals surface area contributed by atoms with Crippen LogP contribution in [0.5, 0.6) is 11.5 Å². The lowest BCUT2D eigenvalue weighted by atomic mass is 10.1. The Morgan fingerprint density at radius 2 is 1.82 bits per heavy atom. The van der Waals surface area contributed by atoms with Crippen LogP contribution in [0.2, 0.25) is 0 Å². The Hall–Kier alpha value is -2.56. The minimum Gasteiger partial charge on any atom is -0.496 e. The van der Waals surface area contributed by atoms with E-state index in [-0.39, 0.29) is 11.5 Å². The molecule has 116 valence electrons. The Bertz CT molecular complexity index is 658. The molecule has 0 radical (unpaired) electrons. The summed E-state index contributed by atoms with van der Waals surface area (Å²) in [6.07, 6.45) is 0.618. The van der Waals surface area contributed by atoms with Crippen LogP contribution >= 0.6 is 0 Å². The van der Waals surface area contributed by atoms with Gasteiger partial charge in [0.1, 0.15) is 17.3 Å². The quantitative estimate of drug-likeness (QED) is 0.892. The monoisotopic (exact) mass is 303 g/mol. The summed E-state index contributed by atoms with van der Waals surface area (Å²) < 4.78 is 23.6. The van der Waals surface area contributed by atoms with Crippen molar-refractivity contribution >= 4 is 5.91 Å². The van der Waals surface area contributed by atoms with Crippen LogP contribution in [0.3, 0.4) is 0 Å². The van der Waals surface area contributed by atoms with Crippen molar-refractivity contribution in [3.8, 4) is 11.5 Å². The van der Waals surface area contributed by atoms with Gasteiger partial charge in [-0.05, 0) is 36.2 Å². The lowest BCUT2D eigenvalue weighted by Gasteiger charge is -2.11. The SMILES string of the molecule is COc1ccccc1CCNC(=O)c1cc(F)ccc1OC. The second kappa shape index (κ2) is 7.45. The summed E-state index contributed by atoms with van der Waals surface area (Å²) in [6, 6.07) is 11.5.